The Hall–Kier alpha value is -1.91. The highest BCUT2D eigenvalue weighted by molar-refractivity contribution is 5.56. The highest BCUT2D eigenvalue weighted by Crippen LogP contribution is 2.17. The van der Waals surface area contributed by atoms with Crippen molar-refractivity contribution in [3.05, 3.63) is 34.5 Å². The number of hydrogen-bond acceptors (Lipinski definition) is 3. The van der Waals surface area contributed by atoms with Gasteiger partial charge in [-0.15, -0.1) is 0 Å². The highest BCUT2D eigenvalue weighted by atomic mass is 16.1. The maximum atomic E-state index is 11.1. The molecule has 5 nitrogen and oxygen atoms in total. The lowest BCUT2D eigenvalue weighted by Gasteiger charge is -1.97. The fourth-order valence-electron chi connectivity index (χ4n) is 1.50. The van der Waals surface area contributed by atoms with E-state index in [9.17, 15) is 4.79 Å². The van der Waals surface area contributed by atoms with Gasteiger partial charge in [-0.3, -0.25) is 9.48 Å². The van der Waals surface area contributed by atoms with E-state index < -0.39 is 0 Å². The smallest absolute Gasteiger partial charge is 0.251 e. The van der Waals surface area contributed by atoms with Gasteiger partial charge in [-0.1, -0.05) is 6.92 Å². The van der Waals surface area contributed by atoms with Crippen molar-refractivity contribution in [2.24, 2.45) is 7.05 Å². The normalized spacial score (nSPS) is 10.5. The molecule has 1 N–H and O–H groups in total. The molecule has 0 aliphatic heterocycles. The second-order valence-electron chi connectivity index (χ2n) is 3.30. The lowest BCUT2D eigenvalue weighted by molar-refractivity contribution is 0.746. The topological polar surface area (TPSA) is 63.6 Å². The minimum atomic E-state index is -0.147. The summed E-state index contributed by atoms with van der Waals surface area (Å²) in [5, 5.41) is 4.29. The Kier molecular flexibility index (Phi) is 2.37. The van der Waals surface area contributed by atoms with Crippen LogP contribution in [0.25, 0.3) is 11.4 Å². The van der Waals surface area contributed by atoms with Gasteiger partial charge in [0.15, 0.2) is 0 Å². The molecule has 0 atom stereocenters. The first-order valence-electron chi connectivity index (χ1n) is 4.79. The van der Waals surface area contributed by atoms with E-state index in [1.54, 1.807) is 4.68 Å². The zero-order valence-corrected chi connectivity index (χ0v) is 8.69. The molecule has 2 heterocycles. The van der Waals surface area contributed by atoms with Gasteiger partial charge in [0.25, 0.3) is 5.56 Å². The molecule has 15 heavy (non-hydrogen) atoms. The Morgan fingerprint density at radius 2 is 2.33 bits per heavy atom. The summed E-state index contributed by atoms with van der Waals surface area (Å²) in [6.07, 6.45) is 4.17. The van der Waals surface area contributed by atoms with Crippen molar-refractivity contribution in [2.45, 2.75) is 13.3 Å². The molecule has 0 amide bonds. The Labute approximate surface area is 86.8 Å². The largest absolute Gasteiger partial charge is 0.306 e. The third-order valence-electron chi connectivity index (χ3n) is 2.17. The first-order valence-corrected chi connectivity index (χ1v) is 4.79. The molecule has 0 aliphatic carbocycles. The predicted molar refractivity (Wildman–Crippen MR) is 56.4 cm³/mol. The summed E-state index contributed by atoms with van der Waals surface area (Å²) in [4.78, 5) is 18.0. The second-order valence-corrected chi connectivity index (χ2v) is 3.30. The van der Waals surface area contributed by atoms with Crippen molar-refractivity contribution in [3.63, 3.8) is 0 Å². The van der Waals surface area contributed by atoms with Crippen LogP contribution in [0, 0.1) is 0 Å². The van der Waals surface area contributed by atoms with Gasteiger partial charge in [-0.05, 0) is 6.42 Å². The summed E-state index contributed by atoms with van der Waals surface area (Å²) < 4.78 is 1.72. The molecule has 2 aromatic heterocycles. The number of nitrogens with one attached hydrogen (secondary N) is 1. The summed E-state index contributed by atoms with van der Waals surface area (Å²) in [6, 6.07) is 1.39. The van der Waals surface area contributed by atoms with Crippen molar-refractivity contribution < 1.29 is 0 Å². The summed E-state index contributed by atoms with van der Waals surface area (Å²) >= 11 is 0. The minimum absolute atomic E-state index is 0.147. The number of H-pyrrole nitrogens is 1. The van der Waals surface area contributed by atoms with Crippen LogP contribution in [0.5, 0.6) is 0 Å². The van der Waals surface area contributed by atoms with E-state index in [1.165, 1.54) is 12.3 Å². The minimum Gasteiger partial charge on any atom is -0.306 e. The average molecular weight is 204 g/mol. The zero-order chi connectivity index (χ0) is 10.8. The van der Waals surface area contributed by atoms with Gasteiger partial charge in [0, 0.05) is 25.5 Å². The third kappa shape index (κ3) is 1.81. The molecule has 0 bridgehead atoms. The maximum Gasteiger partial charge on any atom is 0.251 e. The van der Waals surface area contributed by atoms with Crippen molar-refractivity contribution in [1.29, 1.82) is 0 Å². The van der Waals surface area contributed by atoms with Crippen LogP contribution in [0.2, 0.25) is 0 Å². The van der Waals surface area contributed by atoms with Gasteiger partial charge < -0.3 is 4.98 Å². The maximum absolute atomic E-state index is 11.1. The van der Waals surface area contributed by atoms with Crippen LogP contribution < -0.4 is 5.56 Å². The SMILES string of the molecule is CCc1nn(C)cc1-c1nccc(=O)[nH]1. The number of aryl methyl sites for hydroxylation is 2. The first-order chi connectivity index (χ1) is 7.20. The molecule has 5 heteroatoms. The average Bonchev–Trinajstić information content (AvgIpc) is 2.59. The highest BCUT2D eigenvalue weighted by Gasteiger charge is 2.09. The summed E-state index contributed by atoms with van der Waals surface area (Å²) in [5.41, 5.74) is 1.68. The van der Waals surface area contributed by atoms with Crippen molar-refractivity contribution >= 4 is 0 Å². The molecule has 0 saturated heterocycles. The molecule has 2 rings (SSSR count). The van der Waals surface area contributed by atoms with E-state index in [0.29, 0.717) is 5.82 Å². The van der Waals surface area contributed by atoms with Crippen molar-refractivity contribution in [3.8, 4) is 11.4 Å². The number of rotatable bonds is 2. The molecule has 0 fully saturated rings. The fourth-order valence-corrected chi connectivity index (χ4v) is 1.50. The van der Waals surface area contributed by atoms with E-state index in [2.05, 4.69) is 15.1 Å². The molecule has 0 unspecified atom stereocenters. The van der Waals surface area contributed by atoms with Crippen LogP contribution >= 0.6 is 0 Å². The number of nitrogens with zero attached hydrogens (tertiary/aromatic N) is 3. The monoisotopic (exact) mass is 204 g/mol. The van der Waals surface area contributed by atoms with Crippen molar-refractivity contribution in [1.82, 2.24) is 19.7 Å². The number of hydrogen-bond donors (Lipinski definition) is 1. The fraction of sp³-hybridized carbons (Fsp3) is 0.300. The lowest BCUT2D eigenvalue weighted by Crippen LogP contribution is -2.06. The second kappa shape index (κ2) is 3.68. The number of aromatic nitrogens is 4. The van der Waals surface area contributed by atoms with Gasteiger partial charge in [-0.25, -0.2) is 4.98 Å². The van der Waals surface area contributed by atoms with Gasteiger partial charge in [0.05, 0.1) is 11.3 Å². The molecule has 0 radical (unpaired) electrons. The van der Waals surface area contributed by atoms with Crippen LogP contribution in [-0.2, 0) is 13.5 Å². The molecule has 0 saturated carbocycles. The Balaban J connectivity index is 2.57. The Bertz CT molecular complexity index is 526. The van der Waals surface area contributed by atoms with E-state index in [0.717, 1.165) is 17.7 Å². The Morgan fingerprint density at radius 3 is 3.00 bits per heavy atom. The molecule has 78 valence electrons. The molecular formula is C10H12N4O. The summed E-state index contributed by atoms with van der Waals surface area (Å²) in [6.45, 7) is 2.02. The van der Waals surface area contributed by atoms with E-state index >= 15 is 0 Å². The van der Waals surface area contributed by atoms with Crippen LogP contribution in [0.15, 0.2) is 23.3 Å². The standard InChI is InChI=1S/C10H12N4O/c1-3-8-7(6-14(2)13-8)10-11-5-4-9(15)12-10/h4-6H,3H2,1-2H3,(H,11,12,15). The molecule has 0 spiro atoms. The van der Waals surface area contributed by atoms with E-state index in [1.807, 2.05) is 20.2 Å². The Morgan fingerprint density at radius 1 is 1.53 bits per heavy atom. The first kappa shape index (κ1) is 9.64. The van der Waals surface area contributed by atoms with Crippen molar-refractivity contribution in [2.75, 3.05) is 0 Å². The molecular weight excluding hydrogens is 192 g/mol. The zero-order valence-electron chi connectivity index (χ0n) is 8.69. The predicted octanol–water partition coefficient (Wildman–Crippen LogP) is 0.733. The van der Waals surface area contributed by atoms with Gasteiger partial charge in [-0.2, -0.15) is 5.10 Å². The summed E-state index contributed by atoms with van der Waals surface area (Å²) in [5.74, 6) is 0.576. The lowest BCUT2D eigenvalue weighted by atomic mass is 10.2. The van der Waals surface area contributed by atoms with E-state index in [4.69, 9.17) is 0 Å². The quantitative estimate of drug-likeness (QED) is 0.784. The van der Waals surface area contributed by atoms with E-state index in [-0.39, 0.29) is 5.56 Å². The van der Waals surface area contributed by atoms with Crippen LogP contribution in [0.4, 0.5) is 0 Å². The van der Waals surface area contributed by atoms with Gasteiger partial charge in [0.2, 0.25) is 0 Å². The van der Waals surface area contributed by atoms with Crippen LogP contribution in [0.1, 0.15) is 12.6 Å². The van der Waals surface area contributed by atoms with Crippen LogP contribution in [-0.4, -0.2) is 19.7 Å². The molecule has 2 aromatic rings. The van der Waals surface area contributed by atoms with Gasteiger partial charge >= 0.3 is 0 Å². The van der Waals surface area contributed by atoms with Gasteiger partial charge in [0.1, 0.15) is 5.82 Å². The molecule has 0 aromatic carbocycles. The third-order valence-corrected chi connectivity index (χ3v) is 2.17. The molecule has 0 aliphatic rings. The summed E-state index contributed by atoms with van der Waals surface area (Å²) in [7, 11) is 1.85. The number of aromatic amines is 1. The van der Waals surface area contributed by atoms with Crippen LogP contribution in [0.3, 0.4) is 0 Å².